The SMILES string of the molecule is CCNC(=O)[C@@H](NC(=O)[C@H](C)NC[C@H](Cc1ccccc1)NC(=O)c1cc(C(=O)N[C@H](C)c2cccc(Cl)c2)cc(N2CCCNC2=O)c1)C(C)C. The Bertz CT molecular complexity index is 1720. The number of nitrogens with zero attached hydrogens (tertiary/aromatic N) is 1. The molecule has 4 rings (SSSR count). The zero-order valence-electron chi connectivity index (χ0n) is 30.4. The lowest BCUT2D eigenvalue weighted by Crippen LogP contribution is -2.55. The summed E-state index contributed by atoms with van der Waals surface area (Å²) in [5.41, 5.74) is 2.61. The number of amides is 6. The van der Waals surface area contributed by atoms with Crippen LogP contribution in [0.15, 0.2) is 72.8 Å². The number of urea groups is 1. The van der Waals surface area contributed by atoms with Gasteiger partial charge in [-0.25, -0.2) is 4.79 Å². The van der Waals surface area contributed by atoms with E-state index in [9.17, 15) is 24.0 Å². The van der Waals surface area contributed by atoms with Gasteiger partial charge < -0.3 is 31.9 Å². The van der Waals surface area contributed by atoms with Crippen LogP contribution in [0, 0.1) is 5.92 Å². The molecule has 278 valence electrons. The Morgan fingerprint density at radius 2 is 1.54 bits per heavy atom. The quantitative estimate of drug-likeness (QED) is 0.129. The van der Waals surface area contributed by atoms with Gasteiger partial charge in [0.1, 0.15) is 6.04 Å². The summed E-state index contributed by atoms with van der Waals surface area (Å²) in [6.45, 7) is 10.7. The summed E-state index contributed by atoms with van der Waals surface area (Å²) in [7, 11) is 0. The van der Waals surface area contributed by atoms with Gasteiger partial charge in [0.05, 0.1) is 12.1 Å². The van der Waals surface area contributed by atoms with E-state index in [1.165, 1.54) is 11.0 Å². The van der Waals surface area contributed by atoms with Crippen LogP contribution in [0.3, 0.4) is 0 Å². The third-order valence-electron chi connectivity index (χ3n) is 8.85. The smallest absolute Gasteiger partial charge is 0.321 e. The fourth-order valence-corrected chi connectivity index (χ4v) is 6.09. The Labute approximate surface area is 310 Å². The fraction of sp³-hybridized carbons (Fsp3) is 0.410. The molecule has 1 fully saturated rings. The van der Waals surface area contributed by atoms with Crippen molar-refractivity contribution in [2.24, 2.45) is 5.92 Å². The van der Waals surface area contributed by atoms with Gasteiger partial charge in [-0.1, -0.05) is 67.9 Å². The zero-order valence-corrected chi connectivity index (χ0v) is 31.2. The second-order valence-electron chi connectivity index (χ2n) is 13.4. The summed E-state index contributed by atoms with van der Waals surface area (Å²) in [6.07, 6.45) is 1.15. The second-order valence-corrected chi connectivity index (χ2v) is 13.8. The number of carbonyl (C=O) groups excluding carboxylic acids is 5. The first-order valence-corrected chi connectivity index (χ1v) is 18.2. The molecule has 6 N–H and O–H groups in total. The van der Waals surface area contributed by atoms with Crippen molar-refractivity contribution in [3.05, 3.63) is 100 Å². The summed E-state index contributed by atoms with van der Waals surface area (Å²) in [5.74, 6) is -1.58. The van der Waals surface area contributed by atoms with Crippen molar-refractivity contribution < 1.29 is 24.0 Å². The third-order valence-corrected chi connectivity index (χ3v) is 9.09. The number of rotatable bonds is 16. The Morgan fingerprint density at radius 3 is 2.17 bits per heavy atom. The minimum atomic E-state index is -0.689. The van der Waals surface area contributed by atoms with Crippen LogP contribution >= 0.6 is 11.6 Å². The highest BCUT2D eigenvalue weighted by Gasteiger charge is 2.27. The normalized spacial score (nSPS) is 15.1. The van der Waals surface area contributed by atoms with Gasteiger partial charge in [-0.3, -0.25) is 24.1 Å². The van der Waals surface area contributed by atoms with E-state index in [2.05, 4.69) is 31.9 Å². The van der Waals surface area contributed by atoms with E-state index in [0.29, 0.717) is 43.2 Å². The number of carbonyl (C=O) groups is 5. The summed E-state index contributed by atoms with van der Waals surface area (Å²) in [6, 6.07) is 19.0. The first-order valence-electron chi connectivity index (χ1n) is 17.8. The molecule has 0 aliphatic carbocycles. The zero-order chi connectivity index (χ0) is 37.8. The number of nitrogens with one attached hydrogen (secondary N) is 6. The van der Waals surface area contributed by atoms with E-state index in [1.54, 1.807) is 37.3 Å². The van der Waals surface area contributed by atoms with E-state index in [-0.39, 0.29) is 47.5 Å². The van der Waals surface area contributed by atoms with Crippen LogP contribution in [-0.2, 0) is 16.0 Å². The molecular weight excluding hydrogens is 682 g/mol. The van der Waals surface area contributed by atoms with Crippen molar-refractivity contribution in [1.29, 1.82) is 0 Å². The van der Waals surface area contributed by atoms with Crippen LogP contribution in [-0.4, -0.2) is 74.0 Å². The van der Waals surface area contributed by atoms with E-state index < -0.39 is 29.9 Å². The molecule has 1 heterocycles. The van der Waals surface area contributed by atoms with Crippen LogP contribution < -0.4 is 36.8 Å². The first kappa shape index (κ1) is 39.8. The lowest BCUT2D eigenvalue weighted by molar-refractivity contribution is -0.130. The minimum absolute atomic E-state index is 0.119. The van der Waals surface area contributed by atoms with Gasteiger partial charge >= 0.3 is 6.03 Å². The van der Waals surface area contributed by atoms with Gasteiger partial charge in [0.15, 0.2) is 0 Å². The van der Waals surface area contributed by atoms with Crippen LogP contribution in [0.4, 0.5) is 10.5 Å². The molecule has 1 aliphatic rings. The fourth-order valence-electron chi connectivity index (χ4n) is 5.89. The Hall–Kier alpha value is -4.94. The van der Waals surface area contributed by atoms with Crippen molar-refractivity contribution in [1.82, 2.24) is 31.9 Å². The van der Waals surface area contributed by atoms with Gasteiger partial charge in [-0.15, -0.1) is 0 Å². The van der Waals surface area contributed by atoms with Crippen molar-refractivity contribution in [2.45, 2.75) is 71.6 Å². The highest BCUT2D eigenvalue weighted by atomic mass is 35.5. The second kappa shape index (κ2) is 19.1. The molecule has 0 aromatic heterocycles. The highest BCUT2D eigenvalue weighted by Crippen LogP contribution is 2.24. The van der Waals surface area contributed by atoms with E-state index in [0.717, 1.165) is 11.1 Å². The van der Waals surface area contributed by atoms with Crippen molar-refractivity contribution in [3.63, 3.8) is 0 Å². The van der Waals surface area contributed by atoms with Gasteiger partial charge in [-0.05, 0) is 81.0 Å². The lowest BCUT2D eigenvalue weighted by atomic mass is 10.0. The van der Waals surface area contributed by atoms with Crippen LogP contribution in [0.25, 0.3) is 0 Å². The van der Waals surface area contributed by atoms with Gasteiger partial charge in [0.25, 0.3) is 11.8 Å². The van der Waals surface area contributed by atoms with Crippen LogP contribution in [0.1, 0.15) is 78.9 Å². The summed E-state index contributed by atoms with van der Waals surface area (Å²) in [4.78, 5) is 67.7. The molecule has 6 amide bonds. The number of anilines is 1. The summed E-state index contributed by atoms with van der Waals surface area (Å²) < 4.78 is 0. The average molecular weight is 732 g/mol. The molecule has 3 aromatic carbocycles. The molecule has 0 radical (unpaired) electrons. The molecule has 13 heteroatoms. The molecule has 4 atom stereocenters. The van der Waals surface area contributed by atoms with Gasteiger partial charge in [-0.2, -0.15) is 0 Å². The van der Waals surface area contributed by atoms with Crippen LogP contribution in [0.5, 0.6) is 0 Å². The van der Waals surface area contributed by atoms with E-state index in [4.69, 9.17) is 11.6 Å². The summed E-state index contributed by atoms with van der Waals surface area (Å²) >= 11 is 6.18. The maximum Gasteiger partial charge on any atom is 0.321 e. The number of halogens is 1. The molecule has 3 aromatic rings. The topological polar surface area (TPSA) is 161 Å². The standard InChI is InChI=1S/C39H50ClN7O5/c1-6-41-38(51)34(24(2)3)46-35(48)26(5)43-23-32(18-27-12-8-7-9-13-27)45-37(50)30-19-29(21-33(22-30)47-17-11-16-42-39(47)52)36(49)44-25(4)28-14-10-15-31(40)20-28/h7-10,12-15,19-22,24-26,32,34,43H,6,11,16-18,23H2,1-5H3,(H,41,51)(H,42,52)(H,44,49)(H,45,50)(H,46,48)/t25-,26+,32+,34+/m1/s1. The van der Waals surface area contributed by atoms with Gasteiger partial charge in [0, 0.05) is 54.1 Å². The number of hydrogen-bond donors (Lipinski definition) is 6. The molecular formula is C39H50ClN7O5. The Balaban J connectivity index is 1.56. The predicted molar refractivity (Wildman–Crippen MR) is 203 cm³/mol. The Morgan fingerprint density at radius 1 is 0.846 bits per heavy atom. The van der Waals surface area contributed by atoms with Gasteiger partial charge in [0.2, 0.25) is 11.8 Å². The first-order chi connectivity index (χ1) is 24.9. The summed E-state index contributed by atoms with van der Waals surface area (Å²) in [5, 5.41) is 18.3. The Kier molecular flexibility index (Phi) is 14.6. The van der Waals surface area contributed by atoms with Crippen LogP contribution in [0.2, 0.25) is 5.02 Å². The molecule has 0 unspecified atom stereocenters. The molecule has 0 bridgehead atoms. The molecule has 1 saturated heterocycles. The predicted octanol–water partition coefficient (Wildman–Crippen LogP) is 4.35. The van der Waals surface area contributed by atoms with E-state index in [1.807, 2.05) is 64.1 Å². The molecule has 12 nitrogen and oxygen atoms in total. The third kappa shape index (κ3) is 11.3. The van der Waals surface area contributed by atoms with Crippen molar-refractivity contribution >= 4 is 46.9 Å². The monoisotopic (exact) mass is 731 g/mol. The lowest BCUT2D eigenvalue weighted by Gasteiger charge is -2.28. The van der Waals surface area contributed by atoms with E-state index >= 15 is 0 Å². The minimum Gasteiger partial charge on any atom is -0.355 e. The number of benzene rings is 3. The van der Waals surface area contributed by atoms with Crippen molar-refractivity contribution in [2.75, 3.05) is 31.1 Å². The molecule has 0 spiro atoms. The molecule has 52 heavy (non-hydrogen) atoms. The average Bonchev–Trinajstić information content (AvgIpc) is 3.12. The maximum absolute atomic E-state index is 14.0. The highest BCUT2D eigenvalue weighted by molar-refractivity contribution is 6.30. The van der Waals surface area contributed by atoms with Crippen molar-refractivity contribution in [3.8, 4) is 0 Å². The number of likely N-dealkylation sites (N-methyl/N-ethyl adjacent to an activating group) is 1. The maximum atomic E-state index is 14.0. The number of hydrogen-bond acceptors (Lipinski definition) is 6. The molecule has 0 saturated carbocycles. The largest absolute Gasteiger partial charge is 0.355 e. The molecule has 1 aliphatic heterocycles.